The molecule has 2 amide bonds. The van der Waals surface area contributed by atoms with Crippen molar-refractivity contribution in [3.63, 3.8) is 0 Å². The van der Waals surface area contributed by atoms with Gasteiger partial charge in [0.2, 0.25) is 11.2 Å². The second-order valence-electron chi connectivity index (χ2n) is 21.2. The quantitative estimate of drug-likeness (QED) is 0.0752. The summed E-state index contributed by atoms with van der Waals surface area (Å²) in [4.78, 5) is 42.0. The van der Waals surface area contributed by atoms with Gasteiger partial charge in [-0.2, -0.15) is 10.2 Å². The number of alkyl carbamates (subject to hydrolysis) is 2. The van der Waals surface area contributed by atoms with Crippen molar-refractivity contribution in [2.24, 2.45) is 5.73 Å². The average molecular weight is 1130 g/mol. The lowest BCUT2D eigenvalue weighted by molar-refractivity contribution is 0.131. The van der Waals surface area contributed by atoms with Crippen LogP contribution in [0.15, 0.2) is 182 Å². The van der Waals surface area contributed by atoms with Crippen molar-refractivity contribution in [2.45, 2.75) is 116 Å². The largest absolute Gasteiger partial charge is 0.445 e. The maximum absolute atomic E-state index is 12.4. The molecule has 0 unspecified atom stereocenters. The average Bonchev–Trinajstić information content (AvgIpc) is 3.22. The lowest BCUT2D eigenvalue weighted by Gasteiger charge is -2.30. The van der Waals surface area contributed by atoms with E-state index in [2.05, 4.69) is 79.4 Å². The summed E-state index contributed by atoms with van der Waals surface area (Å²) in [6.07, 6.45) is 10.5. The Morgan fingerprint density at radius 2 is 0.940 bits per heavy atom. The van der Waals surface area contributed by atoms with Crippen molar-refractivity contribution in [1.82, 2.24) is 50.1 Å². The first-order valence-electron chi connectivity index (χ1n) is 28.4. The molecule has 0 saturated heterocycles. The second-order valence-corrected chi connectivity index (χ2v) is 21.5. The van der Waals surface area contributed by atoms with Gasteiger partial charge in [-0.25, -0.2) is 29.5 Å². The molecule has 0 radical (unpaired) electrons. The van der Waals surface area contributed by atoms with E-state index < -0.39 is 0 Å². The molecule has 5 N–H and O–H groups in total. The number of nitrogens with zero attached hydrogens (tertiary/aromatic N) is 8. The number of amides is 2. The van der Waals surface area contributed by atoms with Gasteiger partial charge in [-0.05, 0) is 122 Å². The van der Waals surface area contributed by atoms with Gasteiger partial charge < -0.3 is 31.2 Å². The van der Waals surface area contributed by atoms with Crippen LogP contribution in [0.3, 0.4) is 0 Å². The molecule has 2 fully saturated rings. The number of ether oxygens (including phenoxy) is 2. The molecular weight excluding hydrogens is 1060 g/mol. The van der Waals surface area contributed by atoms with Gasteiger partial charge in [0.15, 0.2) is 0 Å². The maximum atomic E-state index is 12.4. The van der Waals surface area contributed by atoms with E-state index in [0.29, 0.717) is 25.6 Å². The molecule has 10 aromatic rings. The molecule has 0 bridgehead atoms. The maximum Gasteiger partial charge on any atom is 0.407 e. The van der Waals surface area contributed by atoms with Crippen molar-refractivity contribution in [3.05, 3.63) is 221 Å². The number of carbonyl (C=O) groups is 2. The van der Waals surface area contributed by atoms with Crippen molar-refractivity contribution in [1.29, 1.82) is 0 Å². The molecule has 2 aliphatic rings. The highest BCUT2D eigenvalue weighted by Gasteiger charge is 2.26. The van der Waals surface area contributed by atoms with Crippen LogP contribution >= 0.6 is 11.6 Å². The number of para-hydroxylation sites is 2. The van der Waals surface area contributed by atoms with Crippen molar-refractivity contribution >= 4 is 51.5 Å². The Bertz CT molecular complexity index is 3720. The summed E-state index contributed by atoms with van der Waals surface area (Å²) in [6, 6.07) is 57.0. The zero-order chi connectivity index (χ0) is 57.3. The van der Waals surface area contributed by atoms with Crippen LogP contribution in [0, 0.1) is 13.8 Å². The summed E-state index contributed by atoms with van der Waals surface area (Å²) in [7, 11) is 0. The molecule has 4 aromatic heterocycles. The van der Waals surface area contributed by atoms with Gasteiger partial charge in [0.1, 0.15) is 24.6 Å². The molecule has 2 aliphatic carbocycles. The zero-order valence-corrected chi connectivity index (χ0v) is 47.5. The minimum Gasteiger partial charge on any atom is -0.445 e. The normalized spacial score (nSPS) is 16.6. The molecular formula is C66H69ClN12O4. The topological polar surface area (TPSA) is 202 Å². The molecule has 17 heteroatoms. The fourth-order valence-corrected chi connectivity index (χ4v) is 10.8. The van der Waals surface area contributed by atoms with E-state index in [1.54, 1.807) is 6.20 Å². The highest BCUT2D eigenvalue weighted by molar-refractivity contribution is 6.28. The van der Waals surface area contributed by atoms with Gasteiger partial charge in [-0.1, -0.05) is 158 Å². The molecule has 12 rings (SSSR count). The SMILES string of the molecule is Cc1cnc(Cl)nc1-c1nn(Cc2ccccc2)c2ccccc12.Cc1cnc(N[C@@H]2CCC[C@H](NC(=O)OCc3ccccc3)C2)nc1-c1nn(Cc2ccccc2)c2ccccc12.N[C@@H]1CCC[C@H](NC(=O)OCc2ccccc2)C1. The lowest BCUT2D eigenvalue weighted by atomic mass is 9.91. The number of rotatable bonds is 14. The highest BCUT2D eigenvalue weighted by atomic mass is 35.5. The summed E-state index contributed by atoms with van der Waals surface area (Å²) in [5.41, 5.74) is 17.6. The number of nitrogens with one attached hydrogen (secondary N) is 3. The molecule has 424 valence electrons. The zero-order valence-electron chi connectivity index (χ0n) is 46.8. The Balaban J connectivity index is 0.000000154. The van der Waals surface area contributed by atoms with Crippen LogP contribution in [0.25, 0.3) is 44.6 Å². The number of anilines is 1. The van der Waals surface area contributed by atoms with Crippen LogP contribution in [0.1, 0.15) is 84.7 Å². The summed E-state index contributed by atoms with van der Waals surface area (Å²) in [5, 5.41) is 21.6. The molecule has 6 aromatic carbocycles. The van der Waals surface area contributed by atoms with E-state index in [0.717, 1.165) is 118 Å². The summed E-state index contributed by atoms with van der Waals surface area (Å²) in [5.74, 6) is 0.574. The predicted octanol–water partition coefficient (Wildman–Crippen LogP) is 13.2. The number of aryl methyl sites for hydroxylation is 2. The molecule has 0 aliphatic heterocycles. The van der Waals surface area contributed by atoms with Crippen LogP contribution in [-0.4, -0.2) is 75.9 Å². The Labute approximate surface area is 488 Å². The summed E-state index contributed by atoms with van der Waals surface area (Å²) >= 11 is 6.00. The van der Waals surface area contributed by atoms with Gasteiger partial charge >= 0.3 is 12.2 Å². The van der Waals surface area contributed by atoms with Gasteiger partial charge in [-0.3, -0.25) is 9.36 Å². The van der Waals surface area contributed by atoms with E-state index in [-0.39, 0.29) is 48.2 Å². The summed E-state index contributed by atoms with van der Waals surface area (Å²) in [6.45, 7) is 5.95. The fourth-order valence-electron chi connectivity index (χ4n) is 10.6. The number of hydrogen-bond acceptors (Lipinski definition) is 12. The number of nitrogens with two attached hydrogens (primary N) is 1. The Morgan fingerprint density at radius 3 is 1.45 bits per heavy atom. The van der Waals surface area contributed by atoms with E-state index >= 15 is 0 Å². The first-order valence-corrected chi connectivity index (χ1v) is 28.8. The first-order chi connectivity index (χ1) is 40.6. The standard InChI is InChI=1S/C33H34N6O2.C19H15ClN4.C14H20N2O2/c1-23-20-34-32(35-26-15-10-16-27(19-26)36-33(40)41-22-25-13-6-3-7-14-25)37-30(23)31-28-17-8-9-18-29(28)39(38-31)21-24-11-4-2-5-12-24;1-13-11-21-19(20)22-17(13)18-15-9-5-6-10-16(15)24(23-18)12-14-7-3-2-4-8-14;15-12-7-4-8-13(9-12)16-14(17)18-10-11-5-2-1-3-6-11/h2-9,11-14,17-18,20,26-27H,10,15-16,19,21-22H2,1H3,(H,36,40)(H,34,35,37);2-11H,12H2,1H3;1-3,5-6,12-13H,4,7-10,15H2,(H,16,17)/t26-,27+;;12-,13+/m1.1/s1. The minimum atomic E-state index is -0.383. The molecule has 16 nitrogen and oxygen atoms in total. The number of hydrogen-bond donors (Lipinski definition) is 4. The van der Waals surface area contributed by atoms with Crippen LogP contribution in [0.5, 0.6) is 0 Å². The Morgan fingerprint density at radius 1 is 0.518 bits per heavy atom. The van der Waals surface area contributed by atoms with Gasteiger partial charge in [0, 0.05) is 47.3 Å². The van der Waals surface area contributed by atoms with Crippen LogP contribution in [0.2, 0.25) is 5.28 Å². The van der Waals surface area contributed by atoms with Crippen LogP contribution < -0.4 is 21.7 Å². The molecule has 4 atom stereocenters. The lowest BCUT2D eigenvalue weighted by Crippen LogP contribution is -2.42. The number of fused-ring (bicyclic) bond motifs is 2. The van der Waals surface area contributed by atoms with E-state index in [1.807, 2.05) is 151 Å². The molecule has 4 heterocycles. The second kappa shape index (κ2) is 28.1. The van der Waals surface area contributed by atoms with Crippen LogP contribution in [-0.2, 0) is 35.8 Å². The van der Waals surface area contributed by atoms with E-state index in [4.69, 9.17) is 42.0 Å². The molecule has 83 heavy (non-hydrogen) atoms. The number of aromatic nitrogens is 8. The minimum absolute atomic E-state index is 0.0343. The monoisotopic (exact) mass is 1130 g/mol. The number of carbonyl (C=O) groups excluding carboxylic acids is 2. The Hall–Kier alpha value is -8.99. The van der Waals surface area contributed by atoms with Crippen molar-refractivity contribution in [3.8, 4) is 22.8 Å². The van der Waals surface area contributed by atoms with E-state index in [1.165, 1.54) is 11.1 Å². The van der Waals surface area contributed by atoms with Gasteiger partial charge in [0.25, 0.3) is 0 Å². The van der Waals surface area contributed by atoms with Crippen molar-refractivity contribution in [2.75, 3.05) is 5.32 Å². The third-order valence-corrected chi connectivity index (χ3v) is 15.0. The first kappa shape index (κ1) is 57.3. The highest BCUT2D eigenvalue weighted by Crippen LogP contribution is 2.32. The number of halogens is 1. The van der Waals surface area contributed by atoms with Gasteiger partial charge in [0.05, 0.1) is 35.5 Å². The smallest absolute Gasteiger partial charge is 0.407 e. The third-order valence-electron chi connectivity index (χ3n) is 14.8. The summed E-state index contributed by atoms with van der Waals surface area (Å²) < 4.78 is 14.7. The van der Waals surface area contributed by atoms with Gasteiger partial charge in [-0.15, -0.1) is 0 Å². The van der Waals surface area contributed by atoms with Crippen LogP contribution in [0.4, 0.5) is 15.5 Å². The molecule has 2 saturated carbocycles. The predicted molar refractivity (Wildman–Crippen MR) is 327 cm³/mol. The van der Waals surface area contributed by atoms with Crippen molar-refractivity contribution < 1.29 is 19.1 Å². The number of benzene rings is 6. The molecule has 0 spiro atoms. The van der Waals surface area contributed by atoms with E-state index in [9.17, 15) is 9.59 Å². The Kier molecular flexibility index (Phi) is 19.4. The fraction of sp³-hybridized carbons (Fsp3) is 0.273. The third kappa shape index (κ3) is 15.7.